The van der Waals surface area contributed by atoms with Gasteiger partial charge in [0.05, 0.1) is 0 Å². The lowest BCUT2D eigenvalue weighted by molar-refractivity contribution is 0.00540. The van der Waals surface area contributed by atoms with E-state index in [2.05, 4.69) is 68.2 Å². The van der Waals surface area contributed by atoms with Crippen LogP contribution in [0.1, 0.15) is 347 Å². The van der Waals surface area contributed by atoms with Crippen molar-refractivity contribution in [2.75, 3.05) is 0 Å². The normalized spacial score (nSPS) is 40.2. The predicted molar refractivity (Wildman–Crippen MR) is 373 cm³/mol. The molecule has 14 aliphatic rings. The van der Waals surface area contributed by atoms with Gasteiger partial charge in [-0.3, -0.25) is 14.7 Å². The van der Waals surface area contributed by atoms with Gasteiger partial charge in [0, 0.05) is 72.2 Å². The minimum absolute atomic E-state index is 0.704. The van der Waals surface area contributed by atoms with Crippen LogP contribution in [0, 0.1) is 53.3 Å². The molecule has 6 atom stereocenters. The number of rotatable bonds is 17. The van der Waals surface area contributed by atoms with Crippen LogP contribution in [0.3, 0.4) is 0 Å². The molecule has 88 heavy (non-hydrogen) atoms. The van der Waals surface area contributed by atoms with Gasteiger partial charge in [-0.05, 0) is 323 Å². The fourth-order valence-corrected chi connectivity index (χ4v) is 24.9. The van der Waals surface area contributed by atoms with Gasteiger partial charge in [-0.15, -0.1) is 0 Å². The summed E-state index contributed by atoms with van der Waals surface area (Å²) in [6.07, 6.45) is 101. The Morgan fingerprint density at radius 3 is 1.11 bits per heavy atom. The van der Waals surface area contributed by atoms with Crippen molar-refractivity contribution in [1.82, 2.24) is 19.6 Å². The first-order chi connectivity index (χ1) is 43.6. The van der Waals surface area contributed by atoms with Gasteiger partial charge < -0.3 is 4.90 Å². The summed E-state index contributed by atoms with van der Waals surface area (Å²) >= 11 is 0. The van der Waals surface area contributed by atoms with Crippen LogP contribution in [0.4, 0.5) is 0 Å². The summed E-state index contributed by atoms with van der Waals surface area (Å²) in [5, 5.41) is 0. The van der Waals surface area contributed by atoms with Gasteiger partial charge >= 0.3 is 0 Å². The van der Waals surface area contributed by atoms with Crippen molar-refractivity contribution in [3.8, 4) is 0 Å². The summed E-state index contributed by atoms with van der Waals surface area (Å²) in [6.45, 7) is 0. The molecule has 0 amide bonds. The second-order valence-corrected chi connectivity index (χ2v) is 34.4. The summed E-state index contributed by atoms with van der Waals surface area (Å²) in [5.74, 6) is 8.27. The predicted octanol–water partition coefficient (Wildman–Crippen LogP) is 22.5. The van der Waals surface area contributed by atoms with E-state index in [1.54, 1.807) is 0 Å². The van der Waals surface area contributed by atoms with Gasteiger partial charge in [0.15, 0.2) is 0 Å². The third-order valence-corrected chi connectivity index (χ3v) is 29.6. The highest BCUT2D eigenvalue weighted by molar-refractivity contribution is 5.16. The largest absolute Gasteiger partial charge is 0.369 e. The molecule has 0 aromatic rings. The van der Waals surface area contributed by atoms with Gasteiger partial charge in [-0.1, -0.05) is 131 Å². The molecule has 0 bridgehead atoms. The van der Waals surface area contributed by atoms with Crippen molar-refractivity contribution >= 4 is 0 Å². The third kappa shape index (κ3) is 15.5. The van der Waals surface area contributed by atoms with Crippen molar-refractivity contribution in [1.29, 1.82) is 0 Å². The van der Waals surface area contributed by atoms with E-state index < -0.39 is 0 Å². The fourth-order valence-electron chi connectivity index (χ4n) is 24.9. The van der Waals surface area contributed by atoms with E-state index in [0.717, 1.165) is 114 Å². The van der Waals surface area contributed by atoms with E-state index in [1.807, 2.05) is 11.3 Å². The zero-order chi connectivity index (χ0) is 58.9. The van der Waals surface area contributed by atoms with Crippen LogP contribution in [0.2, 0.25) is 0 Å². The van der Waals surface area contributed by atoms with Gasteiger partial charge in [0.1, 0.15) is 0 Å². The molecule has 9 fully saturated rings. The Balaban J connectivity index is 0.556. The van der Waals surface area contributed by atoms with Crippen LogP contribution >= 0.6 is 0 Å². The van der Waals surface area contributed by atoms with Crippen LogP contribution in [0.15, 0.2) is 59.9 Å². The van der Waals surface area contributed by atoms with Crippen molar-refractivity contribution in [2.45, 2.75) is 413 Å². The minimum Gasteiger partial charge on any atom is -0.369 e. The standard InChI is InChI=1S/C84H136N4/c1-7-19-63(20-8-1)65-31-47-77(48-32-65)85(73-23-11-3-12-24-73)79-51-35-67(36-52-79)69-39-55-81(56-40-69)87(75-27-15-5-16-28-75)83-59-43-71(44-60-83)72-45-61-84(62-46-72)88(76-29-17-6-18-30-76)82-57-41-70(42-58-82)68-37-53-80(54-38-68)86(74-25-13-4-14-26-74)78-49-33-66(34-50-78)64-21-9-2-10-22-64/h7,9,19,21,35,45,53,61,63-66,68-79,81-84H,1-6,8,10-18,20,22-34,36-44,46-52,54-60,62H2. The zero-order valence-corrected chi connectivity index (χ0v) is 57.1. The van der Waals surface area contributed by atoms with Crippen LogP contribution in [-0.4, -0.2) is 86.1 Å². The van der Waals surface area contributed by atoms with Crippen molar-refractivity contribution in [3.05, 3.63) is 59.9 Å². The Morgan fingerprint density at radius 2 is 0.670 bits per heavy atom. The molecule has 0 radical (unpaired) electrons. The molecule has 492 valence electrons. The molecule has 0 spiro atoms. The molecular weight excluding hydrogens is 1060 g/mol. The first kappa shape index (κ1) is 63.8. The molecule has 4 heteroatoms. The van der Waals surface area contributed by atoms with Gasteiger partial charge in [0.2, 0.25) is 0 Å². The fraction of sp³-hybridized carbons (Fsp3) is 0.881. The summed E-state index contributed by atoms with van der Waals surface area (Å²) in [4.78, 5) is 12.9. The van der Waals surface area contributed by atoms with E-state index in [4.69, 9.17) is 0 Å². The number of hydrogen-bond acceptors (Lipinski definition) is 4. The number of hydrogen-bond donors (Lipinski definition) is 0. The average molecular weight is 1200 g/mol. The monoisotopic (exact) mass is 1200 g/mol. The van der Waals surface area contributed by atoms with E-state index >= 15 is 0 Å². The summed E-state index contributed by atoms with van der Waals surface area (Å²) in [5.41, 5.74) is 3.73. The summed E-state index contributed by atoms with van der Waals surface area (Å²) in [6, 6.07) is 9.17. The molecule has 4 nitrogen and oxygen atoms in total. The van der Waals surface area contributed by atoms with Gasteiger partial charge in [0.25, 0.3) is 0 Å². The first-order valence-electron chi connectivity index (χ1n) is 41.1. The molecule has 0 aromatic heterocycles. The van der Waals surface area contributed by atoms with E-state index in [9.17, 15) is 0 Å². The Hall–Kier alpha value is -1.62. The van der Waals surface area contributed by atoms with Crippen LogP contribution < -0.4 is 0 Å². The quantitative estimate of drug-likeness (QED) is 0.135. The highest BCUT2D eigenvalue weighted by atomic mass is 15.2. The number of allylic oxidation sites excluding steroid dienone is 8. The Bertz CT molecular complexity index is 2230. The lowest BCUT2D eigenvalue weighted by atomic mass is 9.71. The molecule has 9 saturated carbocycles. The third-order valence-electron chi connectivity index (χ3n) is 29.6. The van der Waals surface area contributed by atoms with E-state index in [-0.39, 0.29) is 0 Å². The summed E-state index contributed by atoms with van der Waals surface area (Å²) in [7, 11) is 0. The molecule has 14 aliphatic carbocycles. The minimum atomic E-state index is 0.704. The Labute approximate surface area is 543 Å². The molecule has 0 N–H and O–H groups in total. The van der Waals surface area contributed by atoms with E-state index in [0.29, 0.717) is 6.04 Å². The molecule has 6 unspecified atom stereocenters. The topological polar surface area (TPSA) is 13.0 Å². The molecule has 0 saturated heterocycles. The van der Waals surface area contributed by atoms with Gasteiger partial charge in [-0.25, -0.2) is 0 Å². The lowest BCUT2D eigenvalue weighted by Gasteiger charge is -2.50. The summed E-state index contributed by atoms with van der Waals surface area (Å²) < 4.78 is 0. The maximum atomic E-state index is 3.30. The SMILES string of the molecule is C1=CC(C2CCC(N(C3=CCC(C4CCC(N(C5C=CC(C6CCC(N(C7CCCCC7)C7CCC(C8=CCC(N(C9CCCCC9)C9CCC(C%10C=CCCC%10)CC9)CC8)CC7)CC6)CC5)C5CCCCC5)CC4)CC3)C3CCCCC3)CC2)CCC1. The van der Waals surface area contributed by atoms with Crippen LogP contribution in [0.25, 0.3) is 0 Å². The Morgan fingerprint density at radius 1 is 0.250 bits per heavy atom. The molecule has 0 heterocycles. The van der Waals surface area contributed by atoms with Crippen molar-refractivity contribution < 1.29 is 0 Å². The maximum absolute atomic E-state index is 3.30. The highest BCUT2D eigenvalue weighted by Gasteiger charge is 2.44. The molecule has 0 aromatic carbocycles. The van der Waals surface area contributed by atoms with Crippen molar-refractivity contribution in [3.63, 3.8) is 0 Å². The molecule has 14 rings (SSSR count). The average Bonchev–Trinajstić information content (AvgIpc) is 2.90. The first-order valence-corrected chi connectivity index (χ1v) is 41.1. The molecular formula is C84H136N4. The zero-order valence-electron chi connectivity index (χ0n) is 57.1. The maximum Gasteiger partial charge on any atom is 0.0290 e. The van der Waals surface area contributed by atoms with Crippen LogP contribution in [-0.2, 0) is 0 Å². The smallest absolute Gasteiger partial charge is 0.0290 e. The second-order valence-electron chi connectivity index (χ2n) is 34.4. The van der Waals surface area contributed by atoms with Crippen LogP contribution in [0.5, 0.6) is 0 Å². The number of nitrogens with zero attached hydrogens (tertiary/aromatic N) is 4. The Kier molecular flexibility index (Phi) is 23.0. The highest BCUT2D eigenvalue weighted by Crippen LogP contribution is 2.49. The van der Waals surface area contributed by atoms with E-state index in [1.165, 1.54) is 347 Å². The molecule has 0 aliphatic heterocycles. The lowest BCUT2D eigenvalue weighted by Crippen LogP contribution is -2.53. The second kappa shape index (κ2) is 31.7. The van der Waals surface area contributed by atoms with Crippen molar-refractivity contribution in [2.24, 2.45) is 53.3 Å². The van der Waals surface area contributed by atoms with Gasteiger partial charge in [-0.2, -0.15) is 0 Å².